The van der Waals surface area contributed by atoms with E-state index in [0.29, 0.717) is 21.6 Å². The van der Waals surface area contributed by atoms with Crippen LogP contribution in [0.15, 0.2) is 29.6 Å². The lowest BCUT2D eigenvalue weighted by Gasteiger charge is -2.07. The molecular weight excluding hydrogens is 397 g/mol. The quantitative estimate of drug-likeness (QED) is 0.631. The van der Waals surface area contributed by atoms with Gasteiger partial charge in [0.2, 0.25) is 5.13 Å². The van der Waals surface area contributed by atoms with E-state index in [1.807, 2.05) is 0 Å². The zero-order valence-corrected chi connectivity index (χ0v) is 16.0. The monoisotopic (exact) mass is 412 g/mol. The fraction of sp³-hybridized carbons (Fsp3) is 0.294. The number of carbonyl (C=O) groups is 1. The van der Waals surface area contributed by atoms with Crippen LogP contribution in [0.4, 0.5) is 18.3 Å². The number of hydrogen-bond donors (Lipinski definition) is 1. The molecule has 0 atom stereocenters. The number of aromatic nitrogens is 3. The number of halogens is 3. The maximum atomic E-state index is 12.8. The minimum atomic E-state index is -4.43. The normalized spacial score (nSPS) is 11.8. The number of hydrogen-bond acceptors (Lipinski definition) is 6. The second-order valence-electron chi connectivity index (χ2n) is 6.17. The molecule has 0 bridgehead atoms. The number of carbonyl (C=O) groups excluding carboxylic acids is 1. The molecule has 142 valence electrons. The van der Waals surface area contributed by atoms with E-state index in [4.69, 9.17) is 0 Å². The van der Waals surface area contributed by atoms with Gasteiger partial charge >= 0.3 is 6.18 Å². The number of rotatable bonds is 5. The standard InChI is InChI=1S/C17H15F3N4OS2/c1-9(2)6-13-23-24-16(27-13)22-14(25)12-8-26-15(21-12)10-4-3-5-11(7-10)17(18,19)20/h3-5,7-9H,6H2,1-2H3,(H,22,24,25). The maximum Gasteiger partial charge on any atom is 0.416 e. The van der Waals surface area contributed by atoms with Crippen molar-refractivity contribution in [3.63, 3.8) is 0 Å². The van der Waals surface area contributed by atoms with Crippen LogP contribution in [-0.4, -0.2) is 21.1 Å². The summed E-state index contributed by atoms with van der Waals surface area (Å²) in [5.74, 6) is -0.0493. The molecule has 27 heavy (non-hydrogen) atoms. The summed E-state index contributed by atoms with van der Waals surface area (Å²) in [6, 6.07) is 4.86. The van der Waals surface area contributed by atoms with E-state index in [2.05, 4.69) is 34.3 Å². The molecular formula is C17H15F3N4OS2. The fourth-order valence-corrected chi connectivity index (χ4v) is 3.98. The first-order chi connectivity index (χ1) is 12.7. The molecule has 2 aromatic heterocycles. The Morgan fingerprint density at radius 2 is 2.04 bits per heavy atom. The van der Waals surface area contributed by atoms with Gasteiger partial charge in [0.25, 0.3) is 5.91 Å². The number of thiazole rings is 1. The van der Waals surface area contributed by atoms with Crippen LogP contribution in [0.2, 0.25) is 0 Å². The Morgan fingerprint density at radius 1 is 1.26 bits per heavy atom. The molecule has 0 spiro atoms. The summed E-state index contributed by atoms with van der Waals surface area (Å²) >= 11 is 2.39. The van der Waals surface area contributed by atoms with Crippen molar-refractivity contribution in [2.75, 3.05) is 5.32 Å². The van der Waals surface area contributed by atoms with Crippen molar-refractivity contribution in [2.24, 2.45) is 5.92 Å². The van der Waals surface area contributed by atoms with Crippen molar-refractivity contribution in [3.8, 4) is 10.6 Å². The third kappa shape index (κ3) is 4.89. The lowest BCUT2D eigenvalue weighted by molar-refractivity contribution is -0.137. The molecule has 1 N–H and O–H groups in total. The summed E-state index contributed by atoms with van der Waals surface area (Å²) in [5.41, 5.74) is -0.329. The van der Waals surface area contributed by atoms with Crippen molar-refractivity contribution >= 4 is 33.7 Å². The highest BCUT2D eigenvalue weighted by molar-refractivity contribution is 7.15. The topological polar surface area (TPSA) is 67.8 Å². The zero-order valence-electron chi connectivity index (χ0n) is 14.4. The second kappa shape index (κ2) is 7.73. The van der Waals surface area contributed by atoms with Crippen LogP contribution in [0.5, 0.6) is 0 Å². The molecule has 0 unspecified atom stereocenters. The molecule has 3 aromatic rings. The van der Waals surface area contributed by atoms with Gasteiger partial charge in [0.15, 0.2) is 0 Å². The third-order valence-electron chi connectivity index (χ3n) is 3.44. The first kappa shape index (κ1) is 19.4. The number of benzene rings is 1. The molecule has 0 aliphatic carbocycles. The SMILES string of the molecule is CC(C)Cc1nnc(NC(=O)c2csc(-c3cccc(C(F)(F)F)c3)n2)s1. The van der Waals surface area contributed by atoms with Gasteiger partial charge in [-0.05, 0) is 18.1 Å². The summed E-state index contributed by atoms with van der Waals surface area (Å²) in [6.45, 7) is 4.12. The Bertz CT molecular complexity index is 950. The summed E-state index contributed by atoms with van der Waals surface area (Å²) in [6.07, 6.45) is -3.66. The van der Waals surface area contributed by atoms with Crippen LogP contribution < -0.4 is 5.32 Å². The van der Waals surface area contributed by atoms with Gasteiger partial charge in [0.1, 0.15) is 15.7 Å². The number of nitrogens with one attached hydrogen (secondary N) is 1. The molecule has 10 heteroatoms. The van der Waals surface area contributed by atoms with Gasteiger partial charge in [-0.15, -0.1) is 21.5 Å². The Hall–Kier alpha value is -2.33. The largest absolute Gasteiger partial charge is 0.416 e. The molecule has 0 fully saturated rings. The molecule has 2 heterocycles. The van der Waals surface area contributed by atoms with E-state index in [9.17, 15) is 18.0 Å². The summed E-state index contributed by atoms with van der Waals surface area (Å²) < 4.78 is 38.5. The smallest absolute Gasteiger partial charge is 0.295 e. The Kier molecular flexibility index (Phi) is 5.56. The van der Waals surface area contributed by atoms with Gasteiger partial charge in [-0.2, -0.15) is 13.2 Å². The molecule has 0 aliphatic heterocycles. The van der Waals surface area contributed by atoms with Crippen LogP contribution in [0.3, 0.4) is 0 Å². The average Bonchev–Trinajstić information content (AvgIpc) is 3.23. The molecule has 0 aliphatic rings. The Balaban J connectivity index is 1.74. The lowest BCUT2D eigenvalue weighted by Crippen LogP contribution is -2.12. The molecule has 1 aromatic carbocycles. The van der Waals surface area contributed by atoms with Crippen LogP contribution in [0.1, 0.15) is 34.9 Å². The molecule has 0 radical (unpaired) electrons. The Morgan fingerprint density at radius 3 is 2.74 bits per heavy atom. The predicted octanol–water partition coefficient (Wildman–Crippen LogP) is 5.13. The highest BCUT2D eigenvalue weighted by Crippen LogP contribution is 2.33. The molecule has 5 nitrogen and oxygen atoms in total. The first-order valence-electron chi connectivity index (χ1n) is 7.99. The summed E-state index contributed by atoms with van der Waals surface area (Å²) in [4.78, 5) is 16.5. The predicted molar refractivity (Wildman–Crippen MR) is 99.0 cm³/mol. The molecule has 0 saturated heterocycles. The van der Waals surface area contributed by atoms with Crippen molar-refractivity contribution in [2.45, 2.75) is 26.4 Å². The van der Waals surface area contributed by atoms with Gasteiger partial charge in [0.05, 0.1) is 5.56 Å². The van der Waals surface area contributed by atoms with E-state index in [1.165, 1.54) is 28.8 Å². The third-order valence-corrected chi connectivity index (χ3v) is 5.20. The number of nitrogens with zero attached hydrogens (tertiary/aromatic N) is 3. The van der Waals surface area contributed by atoms with Crippen molar-refractivity contribution in [3.05, 3.63) is 45.9 Å². The van der Waals surface area contributed by atoms with Crippen LogP contribution in [0.25, 0.3) is 10.6 Å². The van der Waals surface area contributed by atoms with Crippen molar-refractivity contribution in [1.82, 2.24) is 15.2 Å². The number of anilines is 1. The molecule has 0 saturated carbocycles. The van der Waals surface area contributed by atoms with Gasteiger partial charge in [-0.3, -0.25) is 10.1 Å². The van der Waals surface area contributed by atoms with E-state index in [1.54, 1.807) is 0 Å². The van der Waals surface area contributed by atoms with Crippen molar-refractivity contribution in [1.29, 1.82) is 0 Å². The first-order valence-corrected chi connectivity index (χ1v) is 9.69. The minimum absolute atomic E-state index is 0.119. The summed E-state index contributed by atoms with van der Waals surface area (Å²) in [5, 5.41) is 13.6. The number of alkyl halides is 3. The van der Waals surface area contributed by atoms with Gasteiger partial charge in [-0.1, -0.05) is 37.3 Å². The van der Waals surface area contributed by atoms with E-state index >= 15 is 0 Å². The average molecular weight is 412 g/mol. The fourth-order valence-electron chi connectivity index (χ4n) is 2.24. The summed E-state index contributed by atoms with van der Waals surface area (Å²) in [7, 11) is 0. The van der Waals surface area contributed by atoms with Crippen LogP contribution in [0, 0.1) is 5.92 Å². The number of amides is 1. The van der Waals surface area contributed by atoms with E-state index < -0.39 is 17.6 Å². The molecule has 3 rings (SSSR count). The van der Waals surface area contributed by atoms with Crippen LogP contribution >= 0.6 is 22.7 Å². The van der Waals surface area contributed by atoms with Crippen LogP contribution in [-0.2, 0) is 12.6 Å². The highest BCUT2D eigenvalue weighted by Gasteiger charge is 2.30. The van der Waals surface area contributed by atoms with Crippen molar-refractivity contribution < 1.29 is 18.0 Å². The van der Waals surface area contributed by atoms with E-state index in [0.717, 1.165) is 34.9 Å². The minimum Gasteiger partial charge on any atom is -0.295 e. The van der Waals surface area contributed by atoms with Gasteiger partial charge in [0, 0.05) is 17.4 Å². The Labute approximate surface area is 161 Å². The van der Waals surface area contributed by atoms with Gasteiger partial charge in [-0.25, -0.2) is 4.98 Å². The van der Waals surface area contributed by atoms with Gasteiger partial charge < -0.3 is 0 Å². The van der Waals surface area contributed by atoms with E-state index in [-0.39, 0.29) is 5.69 Å². The highest BCUT2D eigenvalue weighted by atomic mass is 32.1. The molecule has 1 amide bonds. The lowest BCUT2D eigenvalue weighted by atomic mass is 10.1. The maximum absolute atomic E-state index is 12.8. The second-order valence-corrected chi connectivity index (χ2v) is 8.09. The zero-order chi connectivity index (χ0) is 19.6.